The van der Waals surface area contributed by atoms with E-state index in [2.05, 4.69) is 20.2 Å². The molecule has 1 fully saturated rings. The van der Waals surface area contributed by atoms with Gasteiger partial charge in [-0.3, -0.25) is 4.79 Å². The molecule has 0 aliphatic carbocycles. The largest absolute Gasteiger partial charge is 0.497 e. The van der Waals surface area contributed by atoms with Crippen LogP contribution in [0.5, 0.6) is 5.75 Å². The van der Waals surface area contributed by atoms with Crippen LogP contribution in [0.4, 0.5) is 5.82 Å². The van der Waals surface area contributed by atoms with Gasteiger partial charge in [-0.05, 0) is 36.8 Å². The molecule has 4 rings (SSSR count). The molecule has 3 heterocycles. The minimum Gasteiger partial charge on any atom is -0.497 e. The van der Waals surface area contributed by atoms with Gasteiger partial charge in [-0.2, -0.15) is 4.52 Å². The van der Waals surface area contributed by atoms with Crippen LogP contribution in [0, 0.1) is 6.92 Å². The minimum atomic E-state index is 0.151. The number of hydrogen-bond acceptors (Lipinski definition) is 6. The van der Waals surface area contributed by atoms with Crippen molar-refractivity contribution in [3.05, 3.63) is 47.8 Å². The molecule has 140 valence electrons. The number of ether oxygens (including phenoxy) is 1. The van der Waals surface area contributed by atoms with Gasteiger partial charge in [-0.15, -0.1) is 15.3 Å². The summed E-state index contributed by atoms with van der Waals surface area (Å²) in [6.45, 7) is 4.78. The van der Waals surface area contributed by atoms with Crippen LogP contribution in [-0.4, -0.2) is 63.9 Å². The number of fused-ring (bicyclic) bond motifs is 1. The van der Waals surface area contributed by atoms with Gasteiger partial charge in [0, 0.05) is 26.2 Å². The number of piperazine rings is 1. The number of nitrogens with zero attached hydrogens (tertiary/aromatic N) is 6. The molecule has 3 aromatic rings. The smallest absolute Gasteiger partial charge is 0.227 e. The number of carbonyl (C=O) groups excluding carboxylic acids is 1. The first-order valence-electron chi connectivity index (χ1n) is 8.99. The molecule has 0 atom stereocenters. The highest BCUT2D eigenvalue weighted by atomic mass is 16.5. The van der Waals surface area contributed by atoms with Crippen LogP contribution in [0.3, 0.4) is 0 Å². The molecule has 27 heavy (non-hydrogen) atoms. The Labute approximate surface area is 157 Å². The highest BCUT2D eigenvalue weighted by Gasteiger charge is 2.22. The van der Waals surface area contributed by atoms with Crippen molar-refractivity contribution in [3.63, 3.8) is 0 Å². The lowest BCUT2D eigenvalue weighted by atomic mass is 10.1. The van der Waals surface area contributed by atoms with Crippen molar-refractivity contribution in [1.29, 1.82) is 0 Å². The average Bonchev–Trinajstić information content (AvgIpc) is 3.09. The third kappa shape index (κ3) is 3.55. The van der Waals surface area contributed by atoms with Crippen molar-refractivity contribution in [1.82, 2.24) is 24.7 Å². The second-order valence-electron chi connectivity index (χ2n) is 6.60. The predicted molar refractivity (Wildman–Crippen MR) is 101 cm³/mol. The number of amides is 1. The summed E-state index contributed by atoms with van der Waals surface area (Å²) in [5.74, 6) is 2.60. The summed E-state index contributed by atoms with van der Waals surface area (Å²) >= 11 is 0. The number of benzene rings is 1. The van der Waals surface area contributed by atoms with Crippen molar-refractivity contribution in [2.24, 2.45) is 0 Å². The number of aromatic nitrogens is 4. The average molecular weight is 366 g/mol. The normalized spacial score (nSPS) is 14.6. The van der Waals surface area contributed by atoms with Crippen LogP contribution in [0.1, 0.15) is 11.4 Å². The van der Waals surface area contributed by atoms with E-state index in [1.807, 2.05) is 48.2 Å². The van der Waals surface area contributed by atoms with E-state index in [4.69, 9.17) is 4.74 Å². The van der Waals surface area contributed by atoms with Gasteiger partial charge in [0.05, 0.1) is 13.5 Å². The van der Waals surface area contributed by atoms with Gasteiger partial charge in [-0.25, -0.2) is 0 Å². The van der Waals surface area contributed by atoms with Crippen LogP contribution < -0.4 is 9.64 Å². The molecule has 0 saturated carbocycles. The van der Waals surface area contributed by atoms with Crippen LogP contribution in [0.2, 0.25) is 0 Å². The topological polar surface area (TPSA) is 75.9 Å². The van der Waals surface area contributed by atoms with E-state index in [-0.39, 0.29) is 5.91 Å². The SMILES string of the molecule is COc1ccc(CC(=O)N2CCN(c3ccc4nnc(C)n4n3)CC2)cc1. The quantitative estimate of drug-likeness (QED) is 0.693. The van der Waals surface area contributed by atoms with Crippen molar-refractivity contribution in [2.45, 2.75) is 13.3 Å². The van der Waals surface area contributed by atoms with E-state index < -0.39 is 0 Å². The molecule has 8 nitrogen and oxygen atoms in total. The molecule has 1 amide bonds. The third-order valence-electron chi connectivity index (χ3n) is 4.88. The Morgan fingerprint density at radius 2 is 1.78 bits per heavy atom. The summed E-state index contributed by atoms with van der Waals surface area (Å²) in [6.07, 6.45) is 0.411. The fourth-order valence-electron chi connectivity index (χ4n) is 3.27. The second-order valence-corrected chi connectivity index (χ2v) is 6.60. The maximum atomic E-state index is 12.6. The zero-order valence-electron chi connectivity index (χ0n) is 15.5. The van der Waals surface area contributed by atoms with Gasteiger partial charge in [-0.1, -0.05) is 12.1 Å². The fraction of sp³-hybridized carbons (Fsp3) is 0.368. The minimum absolute atomic E-state index is 0.151. The van der Waals surface area contributed by atoms with Crippen molar-refractivity contribution < 1.29 is 9.53 Å². The van der Waals surface area contributed by atoms with Crippen molar-refractivity contribution in [3.8, 4) is 5.75 Å². The summed E-state index contributed by atoms with van der Waals surface area (Å²) in [6, 6.07) is 11.5. The lowest BCUT2D eigenvalue weighted by molar-refractivity contribution is -0.130. The lowest BCUT2D eigenvalue weighted by Gasteiger charge is -2.35. The van der Waals surface area contributed by atoms with E-state index >= 15 is 0 Å². The van der Waals surface area contributed by atoms with E-state index in [0.717, 1.165) is 41.7 Å². The zero-order valence-corrected chi connectivity index (χ0v) is 15.5. The summed E-state index contributed by atoms with van der Waals surface area (Å²) in [7, 11) is 1.64. The molecular weight excluding hydrogens is 344 g/mol. The monoisotopic (exact) mass is 366 g/mol. The van der Waals surface area contributed by atoms with E-state index in [9.17, 15) is 4.79 Å². The molecule has 0 radical (unpaired) electrons. The number of rotatable bonds is 4. The molecule has 1 aromatic carbocycles. The highest BCUT2D eigenvalue weighted by Crippen LogP contribution is 2.16. The molecule has 1 aliphatic rings. The Kier molecular flexibility index (Phi) is 4.62. The van der Waals surface area contributed by atoms with Crippen molar-refractivity contribution in [2.75, 3.05) is 38.2 Å². The molecule has 1 aliphatic heterocycles. The van der Waals surface area contributed by atoms with Crippen LogP contribution in [-0.2, 0) is 11.2 Å². The van der Waals surface area contributed by atoms with Gasteiger partial charge < -0.3 is 14.5 Å². The highest BCUT2D eigenvalue weighted by molar-refractivity contribution is 5.79. The fourth-order valence-corrected chi connectivity index (χ4v) is 3.27. The Bertz CT molecular complexity index is 944. The number of methoxy groups -OCH3 is 1. The summed E-state index contributed by atoms with van der Waals surface area (Å²) in [5, 5.41) is 12.7. The van der Waals surface area contributed by atoms with Crippen LogP contribution in [0.15, 0.2) is 36.4 Å². The predicted octanol–water partition coefficient (Wildman–Crippen LogP) is 1.33. The number of anilines is 1. The number of carbonyl (C=O) groups is 1. The Morgan fingerprint density at radius 1 is 1.04 bits per heavy atom. The number of hydrogen-bond donors (Lipinski definition) is 0. The molecule has 1 saturated heterocycles. The lowest BCUT2D eigenvalue weighted by Crippen LogP contribution is -2.49. The first kappa shape index (κ1) is 17.3. The molecule has 0 bridgehead atoms. The summed E-state index contributed by atoms with van der Waals surface area (Å²) in [4.78, 5) is 16.7. The van der Waals surface area contributed by atoms with Gasteiger partial charge in [0.15, 0.2) is 11.5 Å². The summed E-state index contributed by atoms with van der Waals surface area (Å²) < 4.78 is 6.90. The van der Waals surface area contributed by atoms with Gasteiger partial charge >= 0.3 is 0 Å². The van der Waals surface area contributed by atoms with E-state index in [1.54, 1.807) is 11.6 Å². The molecule has 0 N–H and O–H groups in total. The Balaban J connectivity index is 1.37. The van der Waals surface area contributed by atoms with Crippen LogP contribution >= 0.6 is 0 Å². The summed E-state index contributed by atoms with van der Waals surface area (Å²) in [5.41, 5.74) is 1.74. The van der Waals surface area contributed by atoms with Gasteiger partial charge in [0.2, 0.25) is 5.91 Å². The number of aryl methyl sites for hydroxylation is 1. The van der Waals surface area contributed by atoms with Crippen molar-refractivity contribution >= 4 is 17.4 Å². The maximum absolute atomic E-state index is 12.6. The molecule has 2 aromatic heterocycles. The van der Waals surface area contributed by atoms with Gasteiger partial charge in [0.25, 0.3) is 0 Å². The third-order valence-corrected chi connectivity index (χ3v) is 4.88. The second kappa shape index (κ2) is 7.22. The van der Waals surface area contributed by atoms with Crippen LogP contribution in [0.25, 0.3) is 5.65 Å². The van der Waals surface area contributed by atoms with E-state index in [0.29, 0.717) is 19.5 Å². The molecule has 0 unspecified atom stereocenters. The molecule has 0 spiro atoms. The van der Waals surface area contributed by atoms with Gasteiger partial charge in [0.1, 0.15) is 11.6 Å². The maximum Gasteiger partial charge on any atom is 0.227 e. The molecule has 8 heteroatoms. The zero-order chi connectivity index (χ0) is 18.8. The standard InChI is InChI=1S/C19H22N6O2/c1-14-20-21-17-7-8-18(22-25(14)17)23-9-11-24(12-10-23)19(26)13-15-3-5-16(27-2)6-4-15/h3-8H,9-13H2,1-2H3. The molecular formula is C19H22N6O2. The Hall–Kier alpha value is -3.16. The first-order chi connectivity index (χ1) is 13.1. The Morgan fingerprint density at radius 3 is 2.48 bits per heavy atom. The van der Waals surface area contributed by atoms with E-state index in [1.165, 1.54) is 0 Å². The first-order valence-corrected chi connectivity index (χ1v) is 8.99.